The van der Waals surface area contributed by atoms with Gasteiger partial charge in [-0.3, -0.25) is 9.36 Å². The minimum Gasteiger partial charge on any atom is -0.368 e. The first-order chi connectivity index (χ1) is 11.6. The molecule has 2 aromatic rings. The van der Waals surface area contributed by atoms with Crippen LogP contribution < -0.4 is 10.6 Å². The number of hydrogen-bond acceptors (Lipinski definition) is 3. The zero-order valence-corrected chi connectivity index (χ0v) is 14.3. The second kappa shape index (κ2) is 6.95. The van der Waals surface area contributed by atoms with Crippen LogP contribution in [0.4, 0.5) is 5.69 Å². The maximum absolute atomic E-state index is 12.4. The predicted molar refractivity (Wildman–Crippen MR) is 94.4 cm³/mol. The fourth-order valence-electron chi connectivity index (χ4n) is 3.16. The summed E-state index contributed by atoms with van der Waals surface area (Å²) in [6, 6.07) is 10.3. The number of piperazine rings is 1. The van der Waals surface area contributed by atoms with E-state index in [2.05, 4.69) is 22.0 Å². The van der Waals surface area contributed by atoms with Crippen molar-refractivity contribution in [1.29, 1.82) is 0 Å². The Kier molecular flexibility index (Phi) is 4.74. The van der Waals surface area contributed by atoms with Crippen LogP contribution in [0.3, 0.4) is 0 Å². The molecule has 2 heterocycles. The van der Waals surface area contributed by atoms with Crippen molar-refractivity contribution in [2.24, 2.45) is 0 Å². The topological polar surface area (TPSA) is 61.3 Å². The number of amides is 1. The maximum Gasteiger partial charge on any atom is 0.325 e. The van der Waals surface area contributed by atoms with E-state index < -0.39 is 0 Å². The fourth-order valence-corrected chi connectivity index (χ4v) is 3.16. The van der Waals surface area contributed by atoms with Crippen LogP contribution >= 0.6 is 0 Å². The first-order valence-electron chi connectivity index (χ1n) is 8.40. The summed E-state index contributed by atoms with van der Waals surface area (Å²) in [5, 5.41) is 0. The minimum absolute atomic E-state index is 0.118. The number of hydrogen-bond donors (Lipinski definition) is 1. The first kappa shape index (κ1) is 16.4. The number of imidazole rings is 1. The van der Waals surface area contributed by atoms with E-state index in [4.69, 9.17) is 0 Å². The van der Waals surface area contributed by atoms with Gasteiger partial charge in [0.15, 0.2) is 0 Å². The number of anilines is 1. The van der Waals surface area contributed by atoms with E-state index in [-0.39, 0.29) is 11.6 Å². The number of para-hydroxylation sites is 1. The molecule has 0 bridgehead atoms. The minimum atomic E-state index is -0.133. The van der Waals surface area contributed by atoms with Crippen molar-refractivity contribution < 1.29 is 4.79 Å². The summed E-state index contributed by atoms with van der Waals surface area (Å²) >= 11 is 0. The number of aromatic amines is 1. The molecule has 0 spiro atoms. The molecule has 1 aliphatic rings. The number of benzene rings is 1. The van der Waals surface area contributed by atoms with Gasteiger partial charge in [-0.2, -0.15) is 0 Å². The Morgan fingerprint density at radius 2 is 1.75 bits per heavy atom. The second-order valence-corrected chi connectivity index (χ2v) is 6.25. The van der Waals surface area contributed by atoms with Gasteiger partial charge in [-0.1, -0.05) is 18.2 Å². The number of aryl methyl sites for hydroxylation is 1. The van der Waals surface area contributed by atoms with Gasteiger partial charge >= 0.3 is 5.69 Å². The zero-order chi connectivity index (χ0) is 17.1. The van der Waals surface area contributed by atoms with E-state index in [1.54, 1.807) is 4.57 Å². The van der Waals surface area contributed by atoms with Crippen molar-refractivity contribution in [2.45, 2.75) is 26.8 Å². The standard InChI is InChI=1S/C18H24N4O2/c1-14-15(2)22(18(24)19-14)9-8-17(23)21-12-10-20(11-13-21)16-6-4-3-5-7-16/h3-7H,8-13H2,1-2H3,(H,19,24). The smallest absolute Gasteiger partial charge is 0.325 e. The molecule has 0 radical (unpaired) electrons. The molecule has 0 aliphatic carbocycles. The Labute approximate surface area is 141 Å². The highest BCUT2D eigenvalue weighted by atomic mass is 16.2. The van der Waals surface area contributed by atoms with Gasteiger partial charge in [0, 0.05) is 56.2 Å². The highest BCUT2D eigenvalue weighted by Gasteiger charge is 2.21. The van der Waals surface area contributed by atoms with Crippen molar-refractivity contribution >= 4 is 11.6 Å². The Bertz CT molecular complexity index is 755. The van der Waals surface area contributed by atoms with E-state index in [0.717, 1.165) is 37.6 Å². The highest BCUT2D eigenvalue weighted by Crippen LogP contribution is 2.16. The van der Waals surface area contributed by atoms with Crippen molar-refractivity contribution in [3.63, 3.8) is 0 Å². The average molecular weight is 328 g/mol. The average Bonchev–Trinajstić information content (AvgIpc) is 2.86. The SMILES string of the molecule is Cc1[nH]c(=O)n(CCC(=O)N2CCN(c3ccccc3)CC2)c1C. The van der Waals surface area contributed by atoms with E-state index in [1.807, 2.05) is 36.9 Å². The monoisotopic (exact) mass is 328 g/mol. The van der Waals surface area contributed by atoms with Crippen LogP contribution in [-0.4, -0.2) is 46.5 Å². The summed E-state index contributed by atoms with van der Waals surface area (Å²) in [4.78, 5) is 31.2. The van der Waals surface area contributed by atoms with Crippen molar-refractivity contribution in [2.75, 3.05) is 31.1 Å². The van der Waals surface area contributed by atoms with Crippen LogP contribution in [0.5, 0.6) is 0 Å². The molecule has 1 aromatic heterocycles. The molecule has 1 fully saturated rings. The summed E-state index contributed by atoms with van der Waals surface area (Å²) in [6.45, 7) is 7.36. The van der Waals surface area contributed by atoms with Gasteiger partial charge in [0.2, 0.25) is 5.91 Å². The molecule has 128 valence electrons. The number of aromatic nitrogens is 2. The van der Waals surface area contributed by atoms with Gasteiger partial charge < -0.3 is 14.8 Å². The molecule has 3 rings (SSSR count). The van der Waals surface area contributed by atoms with Gasteiger partial charge in [0.1, 0.15) is 0 Å². The molecule has 1 aromatic carbocycles. The first-order valence-corrected chi connectivity index (χ1v) is 8.40. The summed E-state index contributed by atoms with van der Waals surface area (Å²) in [7, 11) is 0. The summed E-state index contributed by atoms with van der Waals surface area (Å²) < 4.78 is 1.65. The normalized spacial score (nSPS) is 14.9. The Morgan fingerprint density at radius 3 is 2.33 bits per heavy atom. The van der Waals surface area contributed by atoms with Crippen molar-refractivity contribution in [3.8, 4) is 0 Å². The molecule has 1 amide bonds. The van der Waals surface area contributed by atoms with Gasteiger partial charge in [-0.05, 0) is 26.0 Å². The summed E-state index contributed by atoms with van der Waals surface area (Å²) in [5.74, 6) is 0.118. The molecule has 6 heteroatoms. The lowest BCUT2D eigenvalue weighted by molar-refractivity contribution is -0.131. The Hall–Kier alpha value is -2.50. The zero-order valence-electron chi connectivity index (χ0n) is 14.3. The lowest BCUT2D eigenvalue weighted by Gasteiger charge is -2.36. The van der Waals surface area contributed by atoms with Crippen LogP contribution in [0, 0.1) is 13.8 Å². The van der Waals surface area contributed by atoms with E-state index in [9.17, 15) is 9.59 Å². The van der Waals surface area contributed by atoms with Gasteiger partial charge in [0.25, 0.3) is 0 Å². The molecule has 24 heavy (non-hydrogen) atoms. The molecule has 1 saturated heterocycles. The van der Waals surface area contributed by atoms with Crippen molar-refractivity contribution in [1.82, 2.24) is 14.5 Å². The molecule has 1 N–H and O–H groups in total. The Balaban J connectivity index is 1.53. The lowest BCUT2D eigenvalue weighted by Crippen LogP contribution is -2.49. The molecule has 1 aliphatic heterocycles. The number of nitrogens with zero attached hydrogens (tertiary/aromatic N) is 3. The Morgan fingerprint density at radius 1 is 1.08 bits per heavy atom. The van der Waals surface area contributed by atoms with E-state index in [1.165, 1.54) is 5.69 Å². The maximum atomic E-state index is 12.4. The largest absolute Gasteiger partial charge is 0.368 e. The number of H-pyrrole nitrogens is 1. The molecule has 0 atom stereocenters. The van der Waals surface area contributed by atoms with Crippen molar-refractivity contribution in [3.05, 3.63) is 52.2 Å². The third-order valence-electron chi connectivity index (χ3n) is 4.79. The van der Waals surface area contributed by atoms with Crippen LogP contribution in [0.25, 0.3) is 0 Å². The van der Waals surface area contributed by atoms with Gasteiger partial charge in [-0.15, -0.1) is 0 Å². The second-order valence-electron chi connectivity index (χ2n) is 6.25. The lowest BCUT2D eigenvalue weighted by atomic mass is 10.2. The predicted octanol–water partition coefficient (Wildman–Crippen LogP) is 1.53. The van der Waals surface area contributed by atoms with Gasteiger partial charge in [0.05, 0.1) is 0 Å². The summed E-state index contributed by atoms with van der Waals surface area (Å²) in [5.41, 5.74) is 2.84. The molecular formula is C18H24N4O2. The summed E-state index contributed by atoms with van der Waals surface area (Å²) in [6.07, 6.45) is 0.364. The van der Waals surface area contributed by atoms with Crippen LogP contribution in [0.15, 0.2) is 35.1 Å². The van der Waals surface area contributed by atoms with Crippen LogP contribution in [0.2, 0.25) is 0 Å². The number of rotatable bonds is 4. The highest BCUT2D eigenvalue weighted by molar-refractivity contribution is 5.76. The molecule has 0 unspecified atom stereocenters. The fraction of sp³-hybridized carbons (Fsp3) is 0.444. The van der Waals surface area contributed by atoms with E-state index in [0.29, 0.717) is 13.0 Å². The van der Waals surface area contributed by atoms with Gasteiger partial charge in [-0.25, -0.2) is 4.79 Å². The number of carbonyl (C=O) groups is 1. The van der Waals surface area contributed by atoms with Crippen LogP contribution in [0.1, 0.15) is 17.8 Å². The third kappa shape index (κ3) is 3.37. The number of carbonyl (C=O) groups excluding carboxylic acids is 1. The quantitative estimate of drug-likeness (QED) is 0.926. The third-order valence-corrected chi connectivity index (χ3v) is 4.79. The molecule has 0 saturated carbocycles. The molecule has 6 nitrogen and oxygen atoms in total. The van der Waals surface area contributed by atoms with Crippen LogP contribution in [-0.2, 0) is 11.3 Å². The number of nitrogens with one attached hydrogen (secondary N) is 1. The molecular weight excluding hydrogens is 304 g/mol. The van der Waals surface area contributed by atoms with E-state index >= 15 is 0 Å².